The minimum Gasteiger partial charge on any atom is -0.353 e. The number of nitrogens with zero attached hydrogens (tertiary/aromatic N) is 2. The molecule has 1 amide bonds. The summed E-state index contributed by atoms with van der Waals surface area (Å²) in [5.74, 6) is 1.04. The molecule has 0 radical (unpaired) electrons. The van der Waals surface area contributed by atoms with Gasteiger partial charge in [0.25, 0.3) is 0 Å². The van der Waals surface area contributed by atoms with Gasteiger partial charge in [-0.3, -0.25) is 4.79 Å². The van der Waals surface area contributed by atoms with E-state index in [1.54, 1.807) is 0 Å². The monoisotopic (exact) mass is 258 g/mol. The summed E-state index contributed by atoms with van der Waals surface area (Å²) in [4.78, 5) is 16.5. The van der Waals surface area contributed by atoms with Crippen LogP contribution in [0.25, 0.3) is 11.0 Å². The van der Waals surface area contributed by atoms with Crippen molar-refractivity contribution in [2.24, 2.45) is 0 Å². The molecular formula is C14H18N4O. The first-order valence-corrected chi connectivity index (χ1v) is 6.75. The maximum atomic E-state index is 11.8. The van der Waals surface area contributed by atoms with Gasteiger partial charge < -0.3 is 15.2 Å². The molecule has 0 spiro atoms. The van der Waals surface area contributed by atoms with E-state index >= 15 is 0 Å². The fourth-order valence-electron chi connectivity index (χ4n) is 2.63. The summed E-state index contributed by atoms with van der Waals surface area (Å²) in [6, 6.07) is 7.93. The summed E-state index contributed by atoms with van der Waals surface area (Å²) < 4.78 is 2.18. The Morgan fingerprint density at radius 2 is 2.21 bits per heavy atom. The number of carbonyl (C=O) groups excluding carboxylic acids is 1. The molecule has 1 saturated heterocycles. The van der Waals surface area contributed by atoms with E-state index in [9.17, 15) is 4.79 Å². The van der Waals surface area contributed by atoms with Gasteiger partial charge in [-0.15, -0.1) is 0 Å². The Morgan fingerprint density at radius 1 is 1.37 bits per heavy atom. The van der Waals surface area contributed by atoms with Crippen molar-refractivity contribution < 1.29 is 4.79 Å². The van der Waals surface area contributed by atoms with Gasteiger partial charge in [0.2, 0.25) is 5.91 Å². The third kappa shape index (κ3) is 2.21. The number of para-hydroxylation sites is 2. The quantitative estimate of drug-likeness (QED) is 0.851. The van der Waals surface area contributed by atoms with Crippen molar-refractivity contribution in [2.45, 2.75) is 25.9 Å². The number of hydrogen-bond donors (Lipinski definition) is 2. The Bertz CT molecular complexity index is 605. The summed E-state index contributed by atoms with van der Waals surface area (Å²) in [6.45, 7) is 4.50. The number of imidazole rings is 1. The van der Waals surface area contributed by atoms with Crippen molar-refractivity contribution in [2.75, 3.05) is 13.1 Å². The highest BCUT2D eigenvalue weighted by Crippen LogP contribution is 2.17. The lowest BCUT2D eigenvalue weighted by Crippen LogP contribution is -2.54. The average molecular weight is 258 g/mol. The molecule has 100 valence electrons. The van der Waals surface area contributed by atoms with Gasteiger partial charge in [0.1, 0.15) is 5.82 Å². The van der Waals surface area contributed by atoms with Crippen molar-refractivity contribution in [3.63, 3.8) is 0 Å². The zero-order chi connectivity index (χ0) is 13.2. The topological polar surface area (TPSA) is 59.0 Å². The van der Waals surface area contributed by atoms with Crippen molar-refractivity contribution in [3.05, 3.63) is 30.1 Å². The van der Waals surface area contributed by atoms with Gasteiger partial charge in [-0.2, -0.15) is 0 Å². The molecule has 5 heteroatoms. The Morgan fingerprint density at radius 3 is 3.00 bits per heavy atom. The molecule has 0 bridgehead atoms. The van der Waals surface area contributed by atoms with Crippen molar-refractivity contribution in [1.29, 1.82) is 0 Å². The van der Waals surface area contributed by atoms with Gasteiger partial charge in [0, 0.05) is 26.1 Å². The minimum absolute atomic E-state index is 0.0703. The predicted molar refractivity (Wildman–Crippen MR) is 73.9 cm³/mol. The molecule has 0 aliphatic carbocycles. The summed E-state index contributed by atoms with van der Waals surface area (Å²) in [5.41, 5.74) is 2.13. The van der Waals surface area contributed by atoms with E-state index in [0.29, 0.717) is 13.0 Å². The highest BCUT2D eigenvalue weighted by molar-refractivity contribution is 5.83. The third-order valence-electron chi connectivity index (χ3n) is 3.57. The molecule has 1 atom stereocenters. The van der Waals surface area contributed by atoms with Crippen LogP contribution in [-0.4, -0.2) is 34.6 Å². The standard InChI is InChI=1S/C14H18N4O/c1-2-18-12-6-4-3-5-10(12)17-13(18)9-11-14(19)16-8-7-15-11/h3-6,11,15H,2,7-9H2,1H3,(H,16,19). The molecule has 2 N–H and O–H groups in total. The van der Waals surface area contributed by atoms with Crippen molar-refractivity contribution in [1.82, 2.24) is 20.2 Å². The van der Waals surface area contributed by atoms with E-state index in [1.165, 1.54) is 0 Å². The largest absolute Gasteiger partial charge is 0.353 e. The van der Waals surface area contributed by atoms with E-state index in [4.69, 9.17) is 0 Å². The van der Waals surface area contributed by atoms with Gasteiger partial charge in [0.05, 0.1) is 17.1 Å². The molecule has 1 aliphatic rings. The van der Waals surface area contributed by atoms with Crippen LogP contribution >= 0.6 is 0 Å². The number of piperazine rings is 1. The minimum atomic E-state index is -0.170. The molecule has 1 fully saturated rings. The Labute approximate surface area is 112 Å². The van der Waals surface area contributed by atoms with E-state index < -0.39 is 0 Å². The third-order valence-corrected chi connectivity index (χ3v) is 3.57. The molecular weight excluding hydrogens is 240 g/mol. The maximum Gasteiger partial charge on any atom is 0.237 e. The molecule has 3 rings (SSSR count). The maximum absolute atomic E-state index is 11.8. The van der Waals surface area contributed by atoms with Crippen LogP contribution in [-0.2, 0) is 17.8 Å². The molecule has 1 aromatic carbocycles. The normalized spacial score (nSPS) is 19.6. The van der Waals surface area contributed by atoms with Crippen LogP contribution in [0.2, 0.25) is 0 Å². The number of amides is 1. The molecule has 1 aliphatic heterocycles. The summed E-state index contributed by atoms with van der Waals surface area (Å²) in [6.07, 6.45) is 0.633. The van der Waals surface area contributed by atoms with E-state index in [2.05, 4.69) is 33.2 Å². The van der Waals surface area contributed by atoms with Crippen LogP contribution in [0.3, 0.4) is 0 Å². The average Bonchev–Trinajstić information content (AvgIpc) is 2.78. The molecule has 5 nitrogen and oxygen atoms in total. The Hall–Kier alpha value is -1.88. The van der Waals surface area contributed by atoms with Crippen LogP contribution in [0, 0.1) is 0 Å². The first kappa shape index (κ1) is 12.2. The number of benzene rings is 1. The van der Waals surface area contributed by atoms with Gasteiger partial charge in [-0.05, 0) is 19.1 Å². The van der Waals surface area contributed by atoms with Crippen LogP contribution in [0.15, 0.2) is 24.3 Å². The van der Waals surface area contributed by atoms with Gasteiger partial charge in [0.15, 0.2) is 0 Å². The second-order valence-corrected chi connectivity index (χ2v) is 4.76. The molecule has 0 saturated carbocycles. The van der Waals surface area contributed by atoms with Gasteiger partial charge in [-0.25, -0.2) is 4.98 Å². The van der Waals surface area contributed by atoms with Crippen LogP contribution in [0.4, 0.5) is 0 Å². The lowest BCUT2D eigenvalue weighted by atomic mass is 10.1. The molecule has 19 heavy (non-hydrogen) atoms. The summed E-state index contributed by atoms with van der Waals surface area (Å²) in [7, 11) is 0. The number of carbonyl (C=O) groups is 1. The Kier molecular flexibility index (Phi) is 3.21. The number of fused-ring (bicyclic) bond motifs is 1. The van der Waals surface area contributed by atoms with E-state index in [0.717, 1.165) is 29.9 Å². The zero-order valence-electron chi connectivity index (χ0n) is 11.0. The number of aryl methyl sites for hydroxylation is 1. The number of aromatic nitrogens is 2. The second kappa shape index (κ2) is 5.01. The van der Waals surface area contributed by atoms with Crippen molar-refractivity contribution >= 4 is 16.9 Å². The predicted octanol–water partition coefficient (Wildman–Crippen LogP) is 0.687. The number of hydrogen-bond acceptors (Lipinski definition) is 3. The SMILES string of the molecule is CCn1c(CC2NCCNC2=O)nc2ccccc21. The van der Waals surface area contributed by atoms with Crippen molar-refractivity contribution in [3.8, 4) is 0 Å². The van der Waals surface area contributed by atoms with Crippen LogP contribution < -0.4 is 10.6 Å². The fourth-order valence-corrected chi connectivity index (χ4v) is 2.63. The molecule has 2 aromatic rings. The first-order valence-electron chi connectivity index (χ1n) is 6.75. The fraction of sp³-hybridized carbons (Fsp3) is 0.429. The zero-order valence-corrected chi connectivity index (χ0v) is 11.0. The van der Waals surface area contributed by atoms with Gasteiger partial charge in [-0.1, -0.05) is 12.1 Å². The highest BCUT2D eigenvalue weighted by atomic mass is 16.2. The highest BCUT2D eigenvalue weighted by Gasteiger charge is 2.24. The molecule has 1 aromatic heterocycles. The van der Waals surface area contributed by atoms with Gasteiger partial charge >= 0.3 is 0 Å². The number of nitrogens with one attached hydrogen (secondary N) is 2. The summed E-state index contributed by atoms with van der Waals surface area (Å²) >= 11 is 0. The number of rotatable bonds is 3. The molecule has 2 heterocycles. The smallest absolute Gasteiger partial charge is 0.237 e. The Balaban J connectivity index is 1.93. The van der Waals surface area contributed by atoms with E-state index in [1.807, 2.05) is 18.2 Å². The van der Waals surface area contributed by atoms with Crippen LogP contribution in [0.1, 0.15) is 12.7 Å². The first-order chi connectivity index (χ1) is 9.29. The lowest BCUT2D eigenvalue weighted by molar-refractivity contribution is -0.124. The van der Waals surface area contributed by atoms with Crippen LogP contribution in [0.5, 0.6) is 0 Å². The van der Waals surface area contributed by atoms with E-state index in [-0.39, 0.29) is 11.9 Å². The second-order valence-electron chi connectivity index (χ2n) is 4.76. The summed E-state index contributed by atoms with van der Waals surface area (Å²) in [5, 5.41) is 6.13. The lowest BCUT2D eigenvalue weighted by Gasteiger charge is -2.23. The molecule has 1 unspecified atom stereocenters.